The molecule has 0 saturated heterocycles. The zero-order valence-electron chi connectivity index (χ0n) is 21.2. The van der Waals surface area contributed by atoms with Gasteiger partial charge in [0.25, 0.3) is 0 Å². The van der Waals surface area contributed by atoms with Crippen LogP contribution in [0.1, 0.15) is 112 Å². The first kappa shape index (κ1) is 23.5. The first-order chi connectivity index (χ1) is 14.6. The molecule has 4 aliphatic rings. The first-order valence-corrected chi connectivity index (χ1v) is 13.6. The molecular formula is C29H48O2. The largest absolute Gasteiger partial charge is 0.299 e. The van der Waals surface area contributed by atoms with E-state index in [9.17, 15) is 9.59 Å². The molecule has 0 bridgehead atoms. The van der Waals surface area contributed by atoms with Gasteiger partial charge in [0, 0.05) is 6.42 Å². The fourth-order valence-electron chi connectivity index (χ4n) is 9.52. The molecule has 4 aliphatic carbocycles. The number of carbonyl (C=O) groups is 2. The Kier molecular flexibility index (Phi) is 6.52. The quantitative estimate of drug-likeness (QED) is 0.411. The summed E-state index contributed by atoms with van der Waals surface area (Å²) in [4.78, 5) is 24.9. The molecule has 0 aromatic heterocycles. The minimum absolute atomic E-state index is 0.114. The van der Waals surface area contributed by atoms with Gasteiger partial charge in [0.15, 0.2) is 0 Å². The molecule has 4 fully saturated rings. The third kappa shape index (κ3) is 3.97. The Labute approximate surface area is 191 Å². The molecule has 0 radical (unpaired) electrons. The summed E-state index contributed by atoms with van der Waals surface area (Å²) in [5, 5.41) is 0. The first-order valence-electron chi connectivity index (χ1n) is 13.6. The van der Waals surface area contributed by atoms with Gasteiger partial charge in [-0.25, -0.2) is 0 Å². The van der Waals surface area contributed by atoms with Crippen molar-refractivity contribution in [1.29, 1.82) is 0 Å². The summed E-state index contributed by atoms with van der Waals surface area (Å²) in [6, 6.07) is 0. The number of hydrogen-bond acceptors (Lipinski definition) is 2. The van der Waals surface area contributed by atoms with Gasteiger partial charge >= 0.3 is 0 Å². The molecule has 0 amide bonds. The molecule has 176 valence electrons. The number of Topliss-reactive ketones (excluding diaryl/α,β-unsaturated/α-hetero) is 2. The van der Waals surface area contributed by atoms with Gasteiger partial charge in [0.2, 0.25) is 0 Å². The second-order valence-corrected chi connectivity index (χ2v) is 13.2. The predicted octanol–water partition coefficient (Wildman–Crippen LogP) is 7.49. The molecule has 9 atom stereocenters. The van der Waals surface area contributed by atoms with E-state index < -0.39 is 0 Å². The van der Waals surface area contributed by atoms with Crippen LogP contribution in [0.2, 0.25) is 0 Å². The van der Waals surface area contributed by atoms with Crippen LogP contribution in [0.25, 0.3) is 0 Å². The maximum Gasteiger partial charge on any atom is 0.143 e. The molecule has 31 heavy (non-hydrogen) atoms. The van der Waals surface area contributed by atoms with E-state index in [1.54, 1.807) is 6.92 Å². The standard InChI is InChI=1S/C29H48O2/c1-18(2)8-7-9-19(3)24-12-13-25-22-11-10-21-16-27(31)23(20(4)30)17-29(21,6)26(22)14-15-28(24,25)5/h18-19,21-26H,7-17H2,1-6H3. The van der Waals surface area contributed by atoms with Crippen molar-refractivity contribution in [1.82, 2.24) is 0 Å². The second kappa shape index (κ2) is 8.60. The van der Waals surface area contributed by atoms with E-state index in [2.05, 4.69) is 34.6 Å². The van der Waals surface area contributed by atoms with E-state index in [1.165, 1.54) is 57.8 Å². The number of carbonyl (C=O) groups excluding carboxylic acids is 2. The monoisotopic (exact) mass is 428 g/mol. The second-order valence-electron chi connectivity index (χ2n) is 13.2. The molecule has 0 aromatic carbocycles. The van der Waals surface area contributed by atoms with Crippen LogP contribution >= 0.6 is 0 Å². The highest BCUT2D eigenvalue weighted by molar-refractivity contribution is 6.02. The zero-order valence-corrected chi connectivity index (χ0v) is 21.2. The summed E-state index contributed by atoms with van der Waals surface area (Å²) in [5.41, 5.74) is 0.724. The van der Waals surface area contributed by atoms with Crippen LogP contribution in [0, 0.1) is 58.2 Å². The Hall–Kier alpha value is -0.660. The summed E-state index contributed by atoms with van der Waals surface area (Å²) in [6.45, 7) is 14.0. The fraction of sp³-hybridized carbons (Fsp3) is 0.931. The third-order valence-corrected chi connectivity index (χ3v) is 11.2. The van der Waals surface area contributed by atoms with Crippen molar-refractivity contribution in [2.75, 3.05) is 0 Å². The molecule has 0 aromatic rings. The Morgan fingerprint density at radius 2 is 1.68 bits per heavy atom. The minimum Gasteiger partial charge on any atom is -0.299 e. The van der Waals surface area contributed by atoms with E-state index in [-0.39, 0.29) is 22.9 Å². The Bertz CT molecular complexity index is 695. The number of fused-ring (bicyclic) bond motifs is 5. The smallest absolute Gasteiger partial charge is 0.143 e. The molecule has 0 spiro atoms. The number of hydrogen-bond donors (Lipinski definition) is 0. The van der Waals surface area contributed by atoms with Crippen LogP contribution in [-0.4, -0.2) is 11.6 Å². The van der Waals surface area contributed by atoms with Crippen molar-refractivity contribution >= 4 is 11.6 Å². The van der Waals surface area contributed by atoms with Gasteiger partial charge in [0.05, 0.1) is 5.92 Å². The van der Waals surface area contributed by atoms with Crippen LogP contribution in [0.15, 0.2) is 0 Å². The van der Waals surface area contributed by atoms with Crippen LogP contribution in [0.3, 0.4) is 0 Å². The third-order valence-electron chi connectivity index (χ3n) is 11.2. The average Bonchev–Trinajstić information content (AvgIpc) is 3.05. The van der Waals surface area contributed by atoms with Crippen LogP contribution in [-0.2, 0) is 9.59 Å². The van der Waals surface area contributed by atoms with Crippen molar-refractivity contribution < 1.29 is 9.59 Å². The Morgan fingerprint density at radius 3 is 2.35 bits per heavy atom. The van der Waals surface area contributed by atoms with Gasteiger partial charge in [-0.2, -0.15) is 0 Å². The lowest BCUT2D eigenvalue weighted by Gasteiger charge is -2.61. The van der Waals surface area contributed by atoms with Crippen molar-refractivity contribution in [2.45, 2.75) is 112 Å². The van der Waals surface area contributed by atoms with E-state index >= 15 is 0 Å². The van der Waals surface area contributed by atoms with E-state index in [0.29, 0.717) is 17.8 Å². The Balaban J connectivity index is 1.50. The van der Waals surface area contributed by atoms with E-state index in [4.69, 9.17) is 0 Å². The Morgan fingerprint density at radius 1 is 0.968 bits per heavy atom. The summed E-state index contributed by atoms with van der Waals surface area (Å²) in [5.74, 6) is 5.57. The zero-order chi connectivity index (χ0) is 22.6. The normalized spacial score (nSPS) is 45.7. The highest BCUT2D eigenvalue weighted by Crippen LogP contribution is 2.68. The molecule has 2 nitrogen and oxygen atoms in total. The molecule has 2 heteroatoms. The van der Waals surface area contributed by atoms with Gasteiger partial charge < -0.3 is 0 Å². The molecule has 0 aliphatic heterocycles. The molecule has 4 rings (SSSR count). The van der Waals surface area contributed by atoms with Crippen molar-refractivity contribution in [3.8, 4) is 0 Å². The summed E-state index contributed by atoms with van der Waals surface area (Å²) in [6.07, 6.45) is 13.8. The summed E-state index contributed by atoms with van der Waals surface area (Å²) < 4.78 is 0. The van der Waals surface area contributed by atoms with Crippen LogP contribution < -0.4 is 0 Å². The molecule has 0 N–H and O–H groups in total. The maximum atomic E-state index is 12.7. The molecule has 9 unspecified atom stereocenters. The van der Waals surface area contributed by atoms with Gasteiger partial charge in [-0.05, 0) is 104 Å². The number of rotatable bonds is 6. The maximum absolute atomic E-state index is 12.7. The average molecular weight is 429 g/mol. The fourth-order valence-corrected chi connectivity index (χ4v) is 9.52. The SMILES string of the molecule is CC(=O)C1CC2(C)C(CCC3C2CCC2(C)C(C(C)CCCC(C)C)CCC32)CC1=O. The molecular weight excluding hydrogens is 380 g/mol. The van der Waals surface area contributed by atoms with Gasteiger partial charge in [-0.15, -0.1) is 0 Å². The van der Waals surface area contributed by atoms with E-state index in [1.807, 2.05) is 0 Å². The lowest BCUT2D eigenvalue weighted by Crippen LogP contribution is -2.55. The van der Waals surface area contributed by atoms with Crippen molar-refractivity contribution in [3.63, 3.8) is 0 Å². The number of ketones is 2. The predicted molar refractivity (Wildman–Crippen MR) is 128 cm³/mol. The molecule has 4 saturated carbocycles. The summed E-state index contributed by atoms with van der Waals surface area (Å²) in [7, 11) is 0. The summed E-state index contributed by atoms with van der Waals surface area (Å²) >= 11 is 0. The van der Waals surface area contributed by atoms with Gasteiger partial charge in [-0.3, -0.25) is 9.59 Å². The van der Waals surface area contributed by atoms with Gasteiger partial charge in [0.1, 0.15) is 11.6 Å². The lowest BCUT2D eigenvalue weighted by molar-refractivity contribution is -0.153. The molecule has 0 heterocycles. The van der Waals surface area contributed by atoms with Gasteiger partial charge in [-0.1, -0.05) is 53.9 Å². The minimum atomic E-state index is -0.314. The highest BCUT2D eigenvalue weighted by atomic mass is 16.1. The van der Waals surface area contributed by atoms with Crippen molar-refractivity contribution in [2.24, 2.45) is 58.2 Å². The van der Waals surface area contributed by atoms with Crippen molar-refractivity contribution in [3.05, 3.63) is 0 Å². The van der Waals surface area contributed by atoms with Crippen LogP contribution in [0.4, 0.5) is 0 Å². The lowest BCUT2D eigenvalue weighted by atomic mass is 9.43. The van der Waals surface area contributed by atoms with E-state index in [0.717, 1.165) is 41.9 Å². The van der Waals surface area contributed by atoms with Crippen LogP contribution in [0.5, 0.6) is 0 Å². The highest BCUT2D eigenvalue weighted by Gasteiger charge is 2.61. The topological polar surface area (TPSA) is 34.1 Å².